The van der Waals surface area contributed by atoms with E-state index in [2.05, 4.69) is 41.8 Å². The second-order valence-corrected chi connectivity index (χ2v) is 16.7. The second kappa shape index (κ2) is 18.7. The first-order valence-corrected chi connectivity index (χ1v) is 22.0. The molecule has 8 aromatic rings. The van der Waals surface area contributed by atoms with Crippen LogP contribution in [0.2, 0.25) is 0 Å². The highest BCUT2D eigenvalue weighted by Gasteiger charge is 2.28. The van der Waals surface area contributed by atoms with Crippen molar-refractivity contribution in [1.82, 2.24) is 65.0 Å². The fourth-order valence-corrected chi connectivity index (χ4v) is 8.64. The average molecular weight is 917 g/mol. The first-order chi connectivity index (χ1) is 33.1. The van der Waals surface area contributed by atoms with Gasteiger partial charge in [0.15, 0.2) is 23.3 Å². The van der Waals surface area contributed by atoms with Crippen LogP contribution in [0.4, 0.5) is 14.6 Å². The van der Waals surface area contributed by atoms with Gasteiger partial charge in [0.2, 0.25) is 5.91 Å². The smallest absolute Gasteiger partial charge is 0.234 e. The number of likely N-dealkylation sites (N-methyl/N-ethyl adjacent to an activating group) is 1. The molecule has 1 amide bonds. The van der Waals surface area contributed by atoms with E-state index < -0.39 is 11.6 Å². The molecule has 68 heavy (non-hydrogen) atoms. The molecular formula is C49H46F2N14O3. The molecule has 1 saturated heterocycles. The molecule has 0 radical (unpaired) electrons. The highest BCUT2D eigenvalue weighted by Crippen LogP contribution is 2.46. The van der Waals surface area contributed by atoms with Crippen molar-refractivity contribution in [2.75, 3.05) is 59.4 Å². The van der Waals surface area contributed by atoms with E-state index in [0.717, 1.165) is 49.6 Å². The molecule has 344 valence electrons. The van der Waals surface area contributed by atoms with Crippen molar-refractivity contribution in [2.45, 2.75) is 25.4 Å². The molecule has 10 rings (SSSR count). The van der Waals surface area contributed by atoms with E-state index in [-0.39, 0.29) is 46.2 Å². The number of hydrogen-bond donors (Lipinski definition) is 2. The summed E-state index contributed by atoms with van der Waals surface area (Å²) in [4.78, 5) is 44.5. The van der Waals surface area contributed by atoms with Crippen LogP contribution >= 0.6 is 0 Å². The Morgan fingerprint density at radius 3 is 1.97 bits per heavy atom. The number of pyridine rings is 2. The number of nitrogens with one attached hydrogen (secondary N) is 2. The van der Waals surface area contributed by atoms with Gasteiger partial charge in [-0.15, -0.1) is 0 Å². The van der Waals surface area contributed by atoms with Crippen LogP contribution in [-0.2, 0) is 17.8 Å². The number of anilines is 1. The first-order valence-electron chi connectivity index (χ1n) is 22.0. The van der Waals surface area contributed by atoms with E-state index in [1.165, 1.54) is 44.7 Å². The van der Waals surface area contributed by atoms with E-state index in [1.807, 2.05) is 49.5 Å². The summed E-state index contributed by atoms with van der Waals surface area (Å²) >= 11 is 0. The molecule has 2 aromatic carbocycles. The largest absolute Gasteiger partial charge is 0.495 e. The van der Waals surface area contributed by atoms with Crippen LogP contribution in [0.3, 0.4) is 0 Å². The van der Waals surface area contributed by atoms with Crippen molar-refractivity contribution >= 4 is 11.7 Å². The predicted molar refractivity (Wildman–Crippen MR) is 250 cm³/mol. The van der Waals surface area contributed by atoms with Crippen LogP contribution in [-0.4, -0.2) is 121 Å². The van der Waals surface area contributed by atoms with E-state index in [1.54, 1.807) is 46.3 Å². The maximum absolute atomic E-state index is 16.1. The number of nitrogens with zero attached hydrogens (tertiary/aromatic N) is 12. The van der Waals surface area contributed by atoms with Crippen LogP contribution in [0.1, 0.15) is 17.7 Å². The Morgan fingerprint density at radius 2 is 1.37 bits per heavy atom. The summed E-state index contributed by atoms with van der Waals surface area (Å²) in [6.07, 6.45) is 11.6. The lowest BCUT2D eigenvalue weighted by Crippen LogP contribution is -2.41. The maximum Gasteiger partial charge on any atom is 0.234 e. The number of methoxy groups -OCH3 is 2. The minimum Gasteiger partial charge on any atom is -0.495 e. The van der Waals surface area contributed by atoms with Gasteiger partial charge in [0.25, 0.3) is 0 Å². The quantitative estimate of drug-likeness (QED) is 0.138. The normalized spacial score (nSPS) is 14.6. The van der Waals surface area contributed by atoms with Gasteiger partial charge in [-0.1, -0.05) is 12.1 Å². The topological polar surface area (TPSA) is 179 Å². The molecule has 0 bridgehead atoms. The lowest BCUT2D eigenvalue weighted by atomic mass is 9.96. The summed E-state index contributed by atoms with van der Waals surface area (Å²) < 4.78 is 47.4. The Kier molecular flexibility index (Phi) is 12.0. The van der Waals surface area contributed by atoms with Gasteiger partial charge in [-0.25, -0.2) is 48.0 Å². The van der Waals surface area contributed by atoms with E-state index in [0.29, 0.717) is 58.4 Å². The highest BCUT2D eigenvalue weighted by molar-refractivity contribution is 5.88. The van der Waals surface area contributed by atoms with E-state index in [4.69, 9.17) is 29.4 Å². The molecule has 1 fully saturated rings. The lowest BCUT2D eigenvalue weighted by Gasteiger charge is -2.19. The summed E-state index contributed by atoms with van der Waals surface area (Å²) in [5.74, 6) is 1.08. The predicted octanol–water partition coefficient (Wildman–Crippen LogP) is 5.96. The van der Waals surface area contributed by atoms with Crippen molar-refractivity contribution < 1.29 is 23.0 Å². The number of rotatable bonds is 13. The van der Waals surface area contributed by atoms with Crippen molar-refractivity contribution in [3.8, 4) is 79.6 Å². The maximum atomic E-state index is 16.1. The number of fused-ring (bicyclic) bond motifs is 1. The summed E-state index contributed by atoms with van der Waals surface area (Å²) in [5, 5.41) is 15.6. The van der Waals surface area contributed by atoms with Crippen molar-refractivity contribution in [2.24, 2.45) is 0 Å². The lowest BCUT2D eigenvalue weighted by molar-refractivity contribution is -0.122. The molecule has 2 N–H and O–H groups in total. The standard InChI is InChI=1S/C49H46F2N14O3/c1-62(2)28-43(66)57-32-17-21-63(27-32)40-6-5-7-41(61-40)64-25-30(23-55-64)38-15-19-53-48(59-38)44-35(50)11-9-33(46(44)67-3)34-10-12-36(51)45(47(34)68-4)49-54-20-16-39(60-49)31-24-56-65(26-31)42-13-8-29-22-52-18-14-37(29)58-42/h5-13,15-16,19-20,23-26,32,52H,14,17-18,21-22,27-28H2,1-4H3,(H,57,66). The van der Waals surface area contributed by atoms with Gasteiger partial charge in [0.05, 0.1) is 55.7 Å². The molecule has 1 unspecified atom stereocenters. The minimum atomic E-state index is -0.638. The molecule has 6 aromatic heterocycles. The fourth-order valence-electron chi connectivity index (χ4n) is 8.64. The molecule has 0 aliphatic carbocycles. The van der Waals surface area contributed by atoms with E-state index >= 15 is 8.78 Å². The molecule has 0 saturated carbocycles. The van der Waals surface area contributed by atoms with Gasteiger partial charge in [0, 0.05) is 91.4 Å². The van der Waals surface area contributed by atoms with Gasteiger partial charge >= 0.3 is 0 Å². The molecule has 1 atom stereocenters. The van der Waals surface area contributed by atoms with Gasteiger partial charge in [0.1, 0.15) is 29.0 Å². The zero-order valence-electron chi connectivity index (χ0n) is 37.7. The van der Waals surface area contributed by atoms with Crippen LogP contribution < -0.4 is 25.0 Å². The van der Waals surface area contributed by atoms with Gasteiger partial charge in [-0.05, 0) is 80.7 Å². The van der Waals surface area contributed by atoms with Crippen molar-refractivity contribution in [3.05, 3.63) is 127 Å². The third-order valence-corrected chi connectivity index (χ3v) is 11.9. The summed E-state index contributed by atoms with van der Waals surface area (Å²) in [6, 6.07) is 18.8. The third-order valence-electron chi connectivity index (χ3n) is 11.9. The van der Waals surface area contributed by atoms with Crippen LogP contribution in [0, 0.1) is 11.6 Å². The van der Waals surface area contributed by atoms with Crippen LogP contribution in [0.5, 0.6) is 11.5 Å². The van der Waals surface area contributed by atoms with Crippen LogP contribution in [0.15, 0.2) is 104 Å². The zero-order valence-corrected chi connectivity index (χ0v) is 37.7. The molecule has 8 heterocycles. The van der Waals surface area contributed by atoms with Gasteiger partial charge < -0.3 is 29.9 Å². The number of ether oxygens (including phenoxy) is 2. The highest BCUT2D eigenvalue weighted by atomic mass is 19.1. The average Bonchev–Trinajstić information content (AvgIpc) is 4.17. The van der Waals surface area contributed by atoms with Gasteiger partial charge in [-0.3, -0.25) is 4.79 Å². The zero-order chi connectivity index (χ0) is 46.9. The van der Waals surface area contributed by atoms with Crippen molar-refractivity contribution in [1.29, 1.82) is 0 Å². The monoisotopic (exact) mass is 916 g/mol. The van der Waals surface area contributed by atoms with Crippen molar-refractivity contribution in [3.63, 3.8) is 0 Å². The number of carbonyl (C=O) groups excluding carboxylic acids is 1. The Hall–Kier alpha value is -8.03. The number of amides is 1. The summed E-state index contributed by atoms with van der Waals surface area (Å²) in [5.41, 5.74) is 5.26. The molecular weight excluding hydrogens is 871 g/mol. The molecule has 19 heteroatoms. The molecule has 17 nitrogen and oxygen atoms in total. The summed E-state index contributed by atoms with van der Waals surface area (Å²) in [7, 11) is 6.57. The fraction of sp³-hybridized carbons (Fsp3) is 0.245. The molecule has 0 spiro atoms. The summed E-state index contributed by atoms with van der Waals surface area (Å²) in [6.45, 7) is 3.37. The molecule has 2 aliphatic heterocycles. The number of hydrogen-bond acceptors (Lipinski definition) is 14. The number of carbonyl (C=O) groups is 1. The number of aromatic nitrogens is 10. The number of halogens is 2. The third kappa shape index (κ3) is 8.71. The Balaban J connectivity index is 0.926. The second-order valence-electron chi connectivity index (χ2n) is 16.7. The Morgan fingerprint density at radius 1 is 0.765 bits per heavy atom. The molecule has 2 aliphatic rings. The van der Waals surface area contributed by atoms with Gasteiger partial charge in [-0.2, -0.15) is 10.2 Å². The van der Waals surface area contributed by atoms with E-state index in [9.17, 15) is 4.79 Å². The number of benzene rings is 2. The Bertz CT molecular complexity index is 3170. The Labute approximate surface area is 389 Å². The minimum absolute atomic E-state index is 0.00107. The van der Waals surface area contributed by atoms with Crippen LogP contribution in [0.25, 0.3) is 68.1 Å². The SMILES string of the molecule is COc1c(-c2ccc(F)c(-c3nccc(-c4cnn(-c5ccc6c(n5)CCNC6)c4)n3)c2OC)ccc(F)c1-c1nccc(-c2cnn(-c3cccc(N4CCC(NC(=O)CN(C)C)C4)n3)c2)n1. The first kappa shape index (κ1) is 43.8.